The summed E-state index contributed by atoms with van der Waals surface area (Å²) in [4.78, 5) is 26.1. The van der Waals surface area contributed by atoms with Crippen molar-refractivity contribution in [2.24, 2.45) is 17.1 Å². The predicted molar refractivity (Wildman–Crippen MR) is 80.5 cm³/mol. The highest BCUT2D eigenvalue weighted by Gasteiger charge is 2.45. The highest BCUT2D eigenvalue weighted by atomic mass is 19.1. The summed E-state index contributed by atoms with van der Waals surface area (Å²) in [7, 11) is 0. The molecule has 23 heavy (non-hydrogen) atoms. The quantitative estimate of drug-likeness (QED) is 0.925. The molecule has 1 saturated heterocycles. The third kappa shape index (κ3) is 3.21. The summed E-state index contributed by atoms with van der Waals surface area (Å²) in [5, 5.41) is 0. The largest absolute Gasteiger partial charge is 0.369 e. The van der Waals surface area contributed by atoms with Gasteiger partial charge in [-0.15, -0.1) is 0 Å². The van der Waals surface area contributed by atoms with Crippen LogP contribution in [0.4, 0.5) is 8.78 Å². The van der Waals surface area contributed by atoms with E-state index in [4.69, 9.17) is 5.73 Å². The number of carbonyl (C=O) groups is 2. The van der Waals surface area contributed by atoms with E-state index in [-0.39, 0.29) is 18.0 Å². The molecule has 1 aliphatic heterocycles. The third-order valence-electron chi connectivity index (χ3n) is 4.92. The third-order valence-corrected chi connectivity index (χ3v) is 4.92. The standard InChI is InChI=1S/C17H20F2N2O2/c18-12-4-5-13(14(19)8-12)15(22)21-7-1-6-17(10-21,16(20)23)9-11-2-3-11/h4-5,8,11H,1-3,6-7,9-10H2,(H2,20,23). The minimum Gasteiger partial charge on any atom is -0.369 e. The molecule has 0 radical (unpaired) electrons. The zero-order valence-electron chi connectivity index (χ0n) is 12.9. The Bertz CT molecular complexity index is 645. The fourth-order valence-corrected chi connectivity index (χ4v) is 3.48. The van der Waals surface area contributed by atoms with Crippen molar-refractivity contribution in [3.63, 3.8) is 0 Å². The summed E-state index contributed by atoms with van der Waals surface area (Å²) in [5.41, 5.74) is 4.74. The number of nitrogens with two attached hydrogens (primary N) is 1. The van der Waals surface area contributed by atoms with Gasteiger partial charge in [-0.25, -0.2) is 8.78 Å². The van der Waals surface area contributed by atoms with E-state index in [1.54, 1.807) is 0 Å². The molecule has 1 saturated carbocycles. The maximum Gasteiger partial charge on any atom is 0.256 e. The van der Waals surface area contributed by atoms with E-state index >= 15 is 0 Å². The van der Waals surface area contributed by atoms with Gasteiger partial charge in [-0.1, -0.05) is 12.8 Å². The molecule has 1 heterocycles. The molecule has 1 aromatic rings. The zero-order valence-corrected chi connectivity index (χ0v) is 12.9. The van der Waals surface area contributed by atoms with Crippen LogP contribution in [0.3, 0.4) is 0 Å². The minimum atomic E-state index is -0.882. The average Bonchev–Trinajstić information content (AvgIpc) is 3.30. The van der Waals surface area contributed by atoms with Crippen LogP contribution in [0.25, 0.3) is 0 Å². The first-order valence-corrected chi connectivity index (χ1v) is 7.95. The number of rotatable bonds is 4. The van der Waals surface area contributed by atoms with Gasteiger partial charge >= 0.3 is 0 Å². The van der Waals surface area contributed by atoms with E-state index in [2.05, 4.69) is 0 Å². The van der Waals surface area contributed by atoms with E-state index in [1.165, 1.54) is 4.90 Å². The number of carbonyl (C=O) groups excluding carboxylic acids is 2. The Balaban J connectivity index is 1.81. The number of benzene rings is 1. The lowest BCUT2D eigenvalue weighted by Gasteiger charge is -2.41. The van der Waals surface area contributed by atoms with Crippen molar-refractivity contribution < 1.29 is 18.4 Å². The summed E-state index contributed by atoms with van der Waals surface area (Å²) in [5.74, 6) is -2.00. The minimum absolute atomic E-state index is 0.168. The number of likely N-dealkylation sites (tertiary alicyclic amines) is 1. The molecule has 6 heteroatoms. The van der Waals surface area contributed by atoms with Crippen LogP contribution in [0, 0.1) is 23.0 Å². The Morgan fingerprint density at radius 3 is 2.65 bits per heavy atom. The first kappa shape index (κ1) is 15.9. The fourth-order valence-electron chi connectivity index (χ4n) is 3.48. The molecule has 1 atom stereocenters. The first-order chi connectivity index (χ1) is 10.9. The van der Waals surface area contributed by atoms with Crippen molar-refractivity contribution in [1.82, 2.24) is 4.90 Å². The summed E-state index contributed by atoms with van der Waals surface area (Å²) in [6.07, 6.45) is 4.20. The topological polar surface area (TPSA) is 63.4 Å². The van der Waals surface area contributed by atoms with E-state index in [0.29, 0.717) is 37.8 Å². The van der Waals surface area contributed by atoms with Crippen LogP contribution < -0.4 is 5.73 Å². The van der Waals surface area contributed by atoms with Crippen molar-refractivity contribution in [2.45, 2.75) is 32.1 Å². The lowest BCUT2D eigenvalue weighted by molar-refractivity contribution is -0.131. The number of hydrogen-bond donors (Lipinski definition) is 1. The molecule has 0 bridgehead atoms. The van der Waals surface area contributed by atoms with E-state index in [9.17, 15) is 18.4 Å². The number of primary amides is 1. The second-order valence-corrected chi connectivity index (χ2v) is 6.75. The van der Waals surface area contributed by atoms with Crippen LogP contribution in [-0.2, 0) is 4.79 Å². The van der Waals surface area contributed by atoms with Crippen LogP contribution in [0.15, 0.2) is 18.2 Å². The van der Waals surface area contributed by atoms with Gasteiger partial charge in [-0.05, 0) is 37.3 Å². The zero-order chi connectivity index (χ0) is 16.6. The Morgan fingerprint density at radius 1 is 1.30 bits per heavy atom. The summed E-state index contributed by atoms with van der Waals surface area (Å²) < 4.78 is 26.9. The molecular weight excluding hydrogens is 302 g/mol. The predicted octanol–water partition coefficient (Wildman–Crippen LogP) is 2.47. The highest BCUT2D eigenvalue weighted by Crippen LogP contribution is 2.44. The van der Waals surface area contributed by atoms with E-state index in [1.807, 2.05) is 0 Å². The second-order valence-electron chi connectivity index (χ2n) is 6.75. The van der Waals surface area contributed by atoms with Crippen LogP contribution in [0.5, 0.6) is 0 Å². The maximum absolute atomic E-state index is 13.8. The van der Waals surface area contributed by atoms with Crippen molar-refractivity contribution in [1.29, 1.82) is 0 Å². The molecule has 124 valence electrons. The van der Waals surface area contributed by atoms with Gasteiger partial charge in [0.25, 0.3) is 5.91 Å². The Hall–Kier alpha value is -1.98. The number of nitrogens with zero attached hydrogens (tertiary/aromatic N) is 1. The molecular formula is C17H20F2N2O2. The van der Waals surface area contributed by atoms with E-state index in [0.717, 1.165) is 25.0 Å². The monoisotopic (exact) mass is 322 g/mol. The molecule has 2 N–H and O–H groups in total. The highest BCUT2D eigenvalue weighted by molar-refractivity contribution is 5.95. The number of amides is 2. The van der Waals surface area contributed by atoms with Gasteiger partial charge in [-0.3, -0.25) is 9.59 Å². The first-order valence-electron chi connectivity index (χ1n) is 7.95. The molecule has 1 unspecified atom stereocenters. The Kier molecular flexibility index (Phi) is 4.08. The van der Waals surface area contributed by atoms with Gasteiger partial charge in [0.2, 0.25) is 5.91 Å². The van der Waals surface area contributed by atoms with Gasteiger partial charge in [0.1, 0.15) is 11.6 Å². The molecule has 4 nitrogen and oxygen atoms in total. The molecule has 1 aliphatic carbocycles. The van der Waals surface area contributed by atoms with Crippen LogP contribution >= 0.6 is 0 Å². The maximum atomic E-state index is 13.8. The molecule has 2 fully saturated rings. The van der Waals surface area contributed by atoms with Gasteiger partial charge in [0.05, 0.1) is 11.0 Å². The second kappa shape index (κ2) is 5.91. The molecule has 3 rings (SSSR count). The van der Waals surface area contributed by atoms with Gasteiger partial charge in [-0.2, -0.15) is 0 Å². The Morgan fingerprint density at radius 2 is 2.04 bits per heavy atom. The van der Waals surface area contributed by atoms with E-state index < -0.39 is 23.0 Å². The smallest absolute Gasteiger partial charge is 0.256 e. The van der Waals surface area contributed by atoms with Gasteiger partial charge < -0.3 is 10.6 Å². The van der Waals surface area contributed by atoms with Crippen LogP contribution in [-0.4, -0.2) is 29.8 Å². The summed E-state index contributed by atoms with van der Waals surface area (Å²) >= 11 is 0. The number of hydrogen-bond acceptors (Lipinski definition) is 2. The SMILES string of the molecule is NC(=O)C1(CC2CC2)CCCN(C(=O)c2ccc(F)cc2F)C1. The van der Waals surface area contributed by atoms with Crippen molar-refractivity contribution in [2.75, 3.05) is 13.1 Å². The number of halogens is 2. The van der Waals surface area contributed by atoms with Crippen LogP contribution in [0.1, 0.15) is 42.5 Å². The molecule has 2 amide bonds. The lowest BCUT2D eigenvalue weighted by atomic mass is 9.75. The van der Waals surface area contributed by atoms with Crippen molar-refractivity contribution in [3.8, 4) is 0 Å². The summed E-state index contributed by atoms with van der Waals surface area (Å²) in [6, 6.07) is 2.91. The van der Waals surface area contributed by atoms with Crippen molar-refractivity contribution in [3.05, 3.63) is 35.4 Å². The molecule has 2 aliphatic rings. The van der Waals surface area contributed by atoms with Crippen molar-refractivity contribution >= 4 is 11.8 Å². The van der Waals surface area contributed by atoms with Crippen LogP contribution in [0.2, 0.25) is 0 Å². The number of piperidine rings is 1. The lowest BCUT2D eigenvalue weighted by Crippen LogP contribution is -2.52. The average molecular weight is 322 g/mol. The molecule has 0 spiro atoms. The fraction of sp³-hybridized carbons (Fsp3) is 0.529. The normalized spacial score (nSPS) is 24.5. The molecule has 0 aromatic heterocycles. The van der Waals surface area contributed by atoms with Gasteiger partial charge in [0.15, 0.2) is 0 Å². The summed E-state index contributed by atoms with van der Waals surface area (Å²) in [6.45, 7) is 0.670. The van der Waals surface area contributed by atoms with Gasteiger partial charge in [0, 0.05) is 19.2 Å². The Labute approximate surface area is 133 Å². The molecule has 1 aromatic carbocycles.